The lowest BCUT2D eigenvalue weighted by atomic mass is 9.97. The van der Waals surface area contributed by atoms with Gasteiger partial charge in [-0.2, -0.15) is 0 Å². The second-order valence-corrected chi connectivity index (χ2v) is 7.46. The number of ether oxygens (including phenoxy) is 1. The lowest BCUT2D eigenvalue weighted by Crippen LogP contribution is -2.42. The van der Waals surface area contributed by atoms with Crippen molar-refractivity contribution < 1.29 is 4.74 Å². The maximum Gasteiger partial charge on any atom is 0.188 e. The minimum atomic E-state index is 0. The van der Waals surface area contributed by atoms with Crippen LogP contribution in [0.4, 0.5) is 0 Å². The zero-order valence-electron chi connectivity index (χ0n) is 14.9. The molecular formula is C17H31IN4OS. The topological polar surface area (TPSA) is 62.9 Å². The van der Waals surface area contributed by atoms with Crippen molar-refractivity contribution in [2.45, 2.75) is 38.8 Å². The van der Waals surface area contributed by atoms with Crippen LogP contribution in [0.2, 0.25) is 0 Å². The summed E-state index contributed by atoms with van der Waals surface area (Å²) in [5.74, 6) is 1.34. The molecule has 0 bridgehead atoms. The second kappa shape index (κ2) is 11.3. The zero-order chi connectivity index (χ0) is 16.7. The molecule has 7 heteroatoms. The zero-order valence-corrected chi connectivity index (χ0v) is 18.1. The van der Waals surface area contributed by atoms with E-state index in [4.69, 9.17) is 10.5 Å². The fourth-order valence-corrected chi connectivity index (χ4v) is 3.83. The van der Waals surface area contributed by atoms with Crippen molar-refractivity contribution in [1.29, 1.82) is 0 Å². The van der Waals surface area contributed by atoms with Crippen molar-refractivity contribution in [3.05, 3.63) is 22.4 Å². The van der Waals surface area contributed by atoms with Gasteiger partial charge in [-0.15, -0.1) is 35.3 Å². The predicted molar refractivity (Wildman–Crippen MR) is 113 cm³/mol. The summed E-state index contributed by atoms with van der Waals surface area (Å²) in [4.78, 5) is 8.52. The Labute approximate surface area is 167 Å². The summed E-state index contributed by atoms with van der Waals surface area (Å²) in [6.45, 7) is 7.99. The number of halogens is 1. The number of guanidine groups is 1. The molecule has 2 rings (SSSR count). The summed E-state index contributed by atoms with van der Waals surface area (Å²) < 4.78 is 5.11. The van der Waals surface area contributed by atoms with Gasteiger partial charge in [-0.05, 0) is 50.2 Å². The van der Waals surface area contributed by atoms with Crippen LogP contribution in [0.3, 0.4) is 0 Å². The van der Waals surface area contributed by atoms with Crippen molar-refractivity contribution in [3.63, 3.8) is 0 Å². The molecule has 3 N–H and O–H groups in total. The van der Waals surface area contributed by atoms with Crippen molar-refractivity contribution in [3.8, 4) is 0 Å². The SMILES string of the molecule is COCC(C)NC(N)=NCC(c1cccs1)N1CCC(C)CC1.I. The number of nitrogens with one attached hydrogen (secondary N) is 1. The van der Waals surface area contributed by atoms with Crippen LogP contribution >= 0.6 is 35.3 Å². The molecule has 0 saturated carbocycles. The summed E-state index contributed by atoms with van der Waals surface area (Å²) >= 11 is 1.81. The van der Waals surface area contributed by atoms with Gasteiger partial charge in [0.15, 0.2) is 5.96 Å². The van der Waals surface area contributed by atoms with E-state index in [9.17, 15) is 0 Å². The molecule has 138 valence electrons. The molecule has 1 aromatic rings. The Morgan fingerprint density at radius 3 is 2.79 bits per heavy atom. The maximum absolute atomic E-state index is 6.03. The largest absolute Gasteiger partial charge is 0.383 e. The highest BCUT2D eigenvalue weighted by atomic mass is 127. The lowest BCUT2D eigenvalue weighted by Gasteiger charge is -2.35. The number of hydrogen-bond donors (Lipinski definition) is 2. The number of nitrogens with zero attached hydrogens (tertiary/aromatic N) is 2. The second-order valence-electron chi connectivity index (χ2n) is 6.48. The standard InChI is InChI=1S/C17H30N4OS.HI/c1-13-6-8-21(9-7-13)15(16-5-4-10-23-16)11-19-17(18)20-14(2)12-22-3;/h4-5,10,13-15H,6-9,11-12H2,1-3H3,(H3,18,19,20);1H. The van der Waals surface area contributed by atoms with Crippen LogP contribution in [0, 0.1) is 5.92 Å². The van der Waals surface area contributed by atoms with E-state index in [1.54, 1.807) is 7.11 Å². The molecule has 2 atom stereocenters. The minimum absolute atomic E-state index is 0. The first-order valence-electron chi connectivity index (χ1n) is 8.43. The number of nitrogens with two attached hydrogens (primary N) is 1. The van der Waals surface area contributed by atoms with E-state index in [1.807, 2.05) is 18.3 Å². The van der Waals surface area contributed by atoms with Gasteiger partial charge in [0.25, 0.3) is 0 Å². The number of hydrogen-bond acceptors (Lipinski definition) is 4. The summed E-state index contributed by atoms with van der Waals surface area (Å²) in [6.07, 6.45) is 2.54. The van der Waals surface area contributed by atoms with Gasteiger partial charge >= 0.3 is 0 Å². The van der Waals surface area contributed by atoms with Crippen LogP contribution in [0.15, 0.2) is 22.5 Å². The first-order valence-corrected chi connectivity index (χ1v) is 9.31. The van der Waals surface area contributed by atoms with E-state index in [-0.39, 0.29) is 30.0 Å². The van der Waals surface area contributed by atoms with Gasteiger partial charge in [0.2, 0.25) is 0 Å². The van der Waals surface area contributed by atoms with Gasteiger partial charge in [0, 0.05) is 18.0 Å². The molecule has 0 radical (unpaired) electrons. The lowest BCUT2D eigenvalue weighted by molar-refractivity contribution is 0.143. The molecular weight excluding hydrogens is 435 g/mol. The first-order chi connectivity index (χ1) is 11.1. The average Bonchev–Trinajstić information content (AvgIpc) is 3.03. The Morgan fingerprint density at radius 2 is 2.21 bits per heavy atom. The summed E-state index contributed by atoms with van der Waals surface area (Å²) in [5, 5.41) is 5.32. The van der Waals surface area contributed by atoms with E-state index >= 15 is 0 Å². The fraction of sp³-hybridized carbons (Fsp3) is 0.706. The van der Waals surface area contributed by atoms with Crippen LogP contribution in [0.25, 0.3) is 0 Å². The predicted octanol–water partition coefficient (Wildman–Crippen LogP) is 3.08. The number of rotatable bonds is 7. The van der Waals surface area contributed by atoms with Crippen molar-refractivity contribution in [2.75, 3.05) is 33.4 Å². The molecule has 2 unspecified atom stereocenters. The normalized spacial score (nSPS) is 19.5. The number of aliphatic imine (C=N–C) groups is 1. The number of piperidine rings is 1. The van der Waals surface area contributed by atoms with Crippen LogP contribution in [-0.2, 0) is 4.74 Å². The van der Waals surface area contributed by atoms with Crippen molar-refractivity contribution in [1.82, 2.24) is 10.2 Å². The molecule has 1 saturated heterocycles. The smallest absolute Gasteiger partial charge is 0.188 e. The van der Waals surface area contributed by atoms with Gasteiger partial charge in [-0.3, -0.25) is 9.89 Å². The quantitative estimate of drug-likeness (QED) is 0.369. The molecule has 1 aromatic heterocycles. The van der Waals surface area contributed by atoms with E-state index < -0.39 is 0 Å². The molecule has 0 aromatic carbocycles. The molecule has 0 aliphatic carbocycles. The number of thiophene rings is 1. The highest BCUT2D eigenvalue weighted by molar-refractivity contribution is 14.0. The minimum Gasteiger partial charge on any atom is -0.383 e. The number of methoxy groups -OCH3 is 1. The summed E-state index contributed by atoms with van der Waals surface area (Å²) in [6, 6.07) is 4.83. The molecule has 1 aliphatic rings. The molecule has 0 spiro atoms. The Morgan fingerprint density at radius 1 is 1.50 bits per heavy atom. The van der Waals surface area contributed by atoms with Crippen LogP contribution < -0.4 is 11.1 Å². The third-order valence-electron chi connectivity index (χ3n) is 4.38. The van der Waals surface area contributed by atoms with Gasteiger partial charge in [-0.25, -0.2) is 0 Å². The average molecular weight is 466 g/mol. The molecule has 2 heterocycles. The Hall–Kier alpha value is -0.380. The van der Waals surface area contributed by atoms with E-state index in [1.165, 1.54) is 17.7 Å². The fourth-order valence-electron chi connectivity index (χ4n) is 2.98. The first kappa shape index (κ1) is 21.7. The van der Waals surface area contributed by atoms with Gasteiger partial charge in [0.1, 0.15) is 0 Å². The van der Waals surface area contributed by atoms with Crippen molar-refractivity contribution >= 4 is 41.3 Å². The van der Waals surface area contributed by atoms with Gasteiger partial charge < -0.3 is 15.8 Å². The number of likely N-dealkylation sites (tertiary alicyclic amines) is 1. The molecule has 5 nitrogen and oxygen atoms in total. The molecule has 1 fully saturated rings. The third kappa shape index (κ3) is 6.85. The Balaban J connectivity index is 0.00000288. The molecule has 0 amide bonds. The van der Waals surface area contributed by atoms with E-state index in [0.29, 0.717) is 25.2 Å². The van der Waals surface area contributed by atoms with Crippen LogP contribution in [0.5, 0.6) is 0 Å². The van der Waals surface area contributed by atoms with Gasteiger partial charge in [-0.1, -0.05) is 13.0 Å². The van der Waals surface area contributed by atoms with E-state index in [2.05, 4.69) is 39.6 Å². The monoisotopic (exact) mass is 466 g/mol. The molecule has 24 heavy (non-hydrogen) atoms. The maximum atomic E-state index is 6.03. The summed E-state index contributed by atoms with van der Waals surface area (Å²) in [5.41, 5.74) is 6.03. The highest BCUT2D eigenvalue weighted by Gasteiger charge is 2.25. The van der Waals surface area contributed by atoms with Crippen molar-refractivity contribution in [2.24, 2.45) is 16.6 Å². The van der Waals surface area contributed by atoms with E-state index in [0.717, 1.165) is 19.0 Å². The molecule has 1 aliphatic heterocycles. The Bertz CT molecular complexity index is 475. The van der Waals surface area contributed by atoms with Crippen LogP contribution in [-0.4, -0.2) is 50.3 Å². The van der Waals surface area contributed by atoms with Gasteiger partial charge in [0.05, 0.1) is 19.2 Å². The Kier molecular flexibility index (Phi) is 10.2. The third-order valence-corrected chi connectivity index (χ3v) is 5.35. The van der Waals surface area contributed by atoms with Crippen LogP contribution in [0.1, 0.15) is 37.6 Å². The highest BCUT2D eigenvalue weighted by Crippen LogP contribution is 2.29. The summed E-state index contributed by atoms with van der Waals surface area (Å²) in [7, 11) is 1.69.